The van der Waals surface area contributed by atoms with Gasteiger partial charge in [0.2, 0.25) is 0 Å². The zero-order valence-corrected chi connectivity index (χ0v) is 9.85. The number of rotatable bonds is 3. The largest absolute Gasteiger partial charge is 0.481 e. The first-order chi connectivity index (χ1) is 8.05. The first-order valence-corrected chi connectivity index (χ1v) is 6.48. The number of aliphatic carboxylic acids is 1. The molecule has 4 saturated carbocycles. The third kappa shape index (κ3) is 2.05. The summed E-state index contributed by atoms with van der Waals surface area (Å²) < 4.78 is 5.54. The minimum atomic E-state index is -1.10. The van der Waals surface area contributed by atoms with Gasteiger partial charge in [0.25, 0.3) is 0 Å². The summed E-state index contributed by atoms with van der Waals surface area (Å²) in [7, 11) is 0. The predicted octanol–water partition coefficient (Wildman–Crippen LogP) is 1.97. The smallest absolute Gasteiger partial charge is 0.317 e. The Labute approximate surface area is 100 Å². The van der Waals surface area contributed by atoms with Gasteiger partial charge in [-0.25, -0.2) is 0 Å². The molecule has 0 saturated heterocycles. The van der Waals surface area contributed by atoms with Crippen LogP contribution in [0.4, 0.5) is 0 Å². The Morgan fingerprint density at radius 3 is 1.94 bits per heavy atom. The van der Waals surface area contributed by atoms with Crippen molar-refractivity contribution in [3.63, 3.8) is 0 Å². The van der Waals surface area contributed by atoms with Crippen molar-refractivity contribution in [3.8, 4) is 0 Å². The molecule has 0 amide bonds. The molecule has 0 aromatic rings. The van der Waals surface area contributed by atoms with E-state index in [0.29, 0.717) is 17.8 Å². The predicted molar refractivity (Wildman–Crippen MR) is 59.2 cm³/mol. The number of hydrogen-bond donors (Lipinski definition) is 1. The number of ether oxygens (including phenoxy) is 1. The van der Waals surface area contributed by atoms with Crippen LogP contribution in [0.5, 0.6) is 0 Å². The summed E-state index contributed by atoms with van der Waals surface area (Å²) in [4.78, 5) is 22.0. The lowest BCUT2D eigenvalue weighted by Crippen LogP contribution is -2.52. The van der Waals surface area contributed by atoms with Crippen molar-refractivity contribution < 1.29 is 19.4 Å². The van der Waals surface area contributed by atoms with Gasteiger partial charge < -0.3 is 9.84 Å². The standard InChI is InChI=1S/C13H18O4/c14-11(15)4-12(16)17-13-5-8-1-9(6-13)3-10(2-8)7-13/h8-10H,1-7H2,(H,14,15). The second-order valence-electron chi connectivity index (χ2n) is 6.15. The third-order valence-corrected chi connectivity index (χ3v) is 4.61. The zero-order valence-electron chi connectivity index (χ0n) is 9.85. The number of carbonyl (C=O) groups excluding carboxylic acids is 1. The first-order valence-electron chi connectivity index (χ1n) is 6.48. The van der Waals surface area contributed by atoms with E-state index in [9.17, 15) is 9.59 Å². The van der Waals surface area contributed by atoms with Crippen LogP contribution in [0, 0.1) is 17.8 Å². The Kier molecular flexibility index (Phi) is 2.42. The van der Waals surface area contributed by atoms with E-state index in [-0.39, 0.29) is 5.60 Å². The molecule has 0 aliphatic heterocycles. The zero-order chi connectivity index (χ0) is 12.0. The minimum Gasteiger partial charge on any atom is -0.481 e. The molecule has 0 heterocycles. The van der Waals surface area contributed by atoms with Gasteiger partial charge in [-0.1, -0.05) is 0 Å². The second kappa shape index (κ2) is 3.72. The van der Waals surface area contributed by atoms with Crippen LogP contribution >= 0.6 is 0 Å². The van der Waals surface area contributed by atoms with Gasteiger partial charge in [-0.2, -0.15) is 0 Å². The molecule has 4 bridgehead atoms. The molecule has 4 aliphatic rings. The van der Waals surface area contributed by atoms with E-state index in [1.54, 1.807) is 0 Å². The van der Waals surface area contributed by atoms with Crippen molar-refractivity contribution in [2.45, 2.75) is 50.5 Å². The molecule has 0 unspecified atom stereocenters. The highest BCUT2D eigenvalue weighted by atomic mass is 16.6. The molecule has 17 heavy (non-hydrogen) atoms. The number of hydrogen-bond acceptors (Lipinski definition) is 3. The van der Waals surface area contributed by atoms with E-state index in [0.717, 1.165) is 19.3 Å². The summed E-state index contributed by atoms with van der Waals surface area (Å²) in [5, 5.41) is 8.60. The number of esters is 1. The molecule has 4 heteroatoms. The Morgan fingerprint density at radius 2 is 1.53 bits per heavy atom. The summed E-state index contributed by atoms with van der Waals surface area (Å²) in [6.45, 7) is 0. The molecule has 4 nitrogen and oxygen atoms in total. The van der Waals surface area contributed by atoms with E-state index >= 15 is 0 Å². The maximum Gasteiger partial charge on any atom is 0.317 e. The van der Waals surface area contributed by atoms with Gasteiger partial charge >= 0.3 is 11.9 Å². The lowest BCUT2D eigenvalue weighted by Gasteiger charge is -2.55. The van der Waals surface area contributed by atoms with Crippen LogP contribution in [0.25, 0.3) is 0 Å². The topological polar surface area (TPSA) is 63.6 Å². The molecule has 4 rings (SSSR count). The fourth-order valence-corrected chi connectivity index (χ4v) is 4.56. The molecule has 4 fully saturated rings. The molecule has 0 aromatic heterocycles. The maximum absolute atomic E-state index is 11.5. The maximum atomic E-state index is 11.5. The van der Waals surface area contributed by atoms with E-state index in [1.807, 2.05) is 0 Å². The molecular weight excluding hydrogens is 220 g/mol. The van der Waals surface area contributed by atoms with E-state index in [4.69, 9.17) is 9.84 Å². The van der Waals surface area contributed by atoms with E-state index in [1.165, 1.54) is 19.3 Å². The highest BCUT2D eigenvalue weighted by molar-refractivity contribution is 5.90. The Hall–Kier alpha value is -1.06. The fraction of sp³-hybridized carbons (Fsp3) is 0.846. The Morgan fingerprint density at radius 1 is 1.06 bits per heavy atom. The quantitative estimate of drug-likeness (QED) is 0.603. The molecular formula is C13H18O4. The molecule has 1 N–H and O–H groups in total. The van der Waals surface area contributed by atoms with Crippen molar-refractivity contribution in [2.24, 2.45) is 17.8 Å². The van der Waals surface area contributed by atoms with Gasteiger partial charge in [0, 0.05) is 0 Å². The number of carboxylic acid groups (broad SMARTS) is 1. The van der Waals surface area contributed by atoms with Crippen LogP contribution in [0.1, 0.15) is 44.9 Å². The number of carboxylic acids is 1. The average Bonchev–Trinajstić information content (AvgIpc) is 2.11. The molecule has 0 radical (unpaired) electrons. The van der Waals surface area contributed by atoms with E-state index < -0.39 is 18.4 Å². The monoisotopic (exact) mass is 238 g/mol. The van der Waals surface area contributed by atoms with E-state index in [2.05, 4.69) is 0 Å². The van der Waals surface area contributed by atoms with Crippen LogP contribution in [0.3, 0.4) is 0 Å². The van der Waals surface area contributed by atoms with Crippen LogP contribution in [0.2, 0.25) is 0 Å². The lowest BCUT2D eigenvalue weighted by molar-refractivity contribution is -0.187. The van der Waals surface area contributed by atoms with Crippen LogP contribution in [0.15, 0.2) is 0 Å². The van der Waals surface area contributed by atoms with Gasteiger partial charge in [0.15, 0.2) is 0 Å². The van der Waals surface area contributed by atoms with Gasteiger partial charge in [-0.15, -0.1) is 0 Å². The fourth-order valence-electron chi connectivity index (χ4n) is 4.56. The first kappa shape index (κ1) is 11.1. The highest BCUT2D eigenvalue weighted by Crippen LogP contribution is 2.57. The van der Waals surface area contributed by atoms with Gasteiger partial charge in [0.05, 0.1) is 0 Å². The minimum absolute atomic E-state index is 0.304. The van der Waals surface area contributed by atoms with Gasteiger partial charge in [0.1, 0.15) is 12.0 Å². The Balaban J connectivity index is 1.70. The number of carbonyl (C=O) groups is 2. The third-order valence-electron chi connectivity index (χ3n) is 4.61. The second-order valence-corrected chi connectivity index (χ2v) is 6.15. The molecule has 0 aromatic carbocycles. The Bertz CT molecular complexity index is 325. The summed E-state index contributed by atoms with van der Waals surface area (Å²) in [5.41, 5.74) is -0.304. The van der Waals surface area contributed by atoms with Crippen molar-refractivity contribution >= 4 is 11.9 Å². The van der Waals surface area contributed by atoms with Crippen molar-refractivity contribution in [2.75, 3.05) is 0 Å². The summed E-state index contributed by atoms with van der Waals surface area (Å²) in [6.07, 6.45) is 6.25. The lowest BCUT2D eigenvalue weighted by atomic mass is 9.54. The summed E-state index contributed by atoms with van der Waals surface area (Å²) in [6, 6.07) is 0. The molecule has 0 spiro atoms. The SMILES string of the molecule is O=C(O)CC(=O)OC12CC3CC(CC(C3)C1)C2. The summed E-state index contributed by atoms with van der Waals surface area (Å²) in [5.74, 6) is 0.468. The van der Waals surface area contributed by atoms with Crippen LogP contribution in [-0.2, 0) is 14.3 Å². The van der Waals surface area contributed by atoms with Crippen molar-refractivity contribution in [3.05, 3.63) is 0 Å². The van der Waals surface area contributed by atoms with Crippen molar-refractivity contribution in [1.29, 1.82) is 0 Å². The van der Waals surface area contributed by atoms with Crippen LogP contribution in [-0.4, -0.2) is 22.6 Å². The van der Waals surface area contributed by atoms with Gasteiger partial charge in [-0.3, -0.25) is 9.59 Å². The van der Waals surface area contributed by atoms with Crippen molar-refractivity contribution in [1.82, 2.24) is 0 Å². The van der Waals surface area contributed by atoms with Gasteiger partial charge in [-0.05, 0) is 56.3 Å². The molecule has 4 aliphatic carbocycles. The normalized spacial score (nSPS) is 42.5. The highest BCUT2D eigenvalue weighted by Gasteiger charge is 2.53. The van der Waals surface area contributed by atoms with Crippen LogP contribution < -0.4 is 0 Å². The molecule has 94 valence electrons. The summed E-state index contributed by atoms with van der Waals surface area (Å²) >= 11 is 0. The molecule has 0 atom stereocenters. The average molecular weight is 238 g/mol.